The van der Waals surface area contributed by atoms with E-state index in [0.717, 1.165) is 22.8 Å². The van der Waals surface area contributed by atoms with E-state index in [0.29, 0.717) is 16.7 Å². The highest BCUT2D eigenvalue weighted by molar-refractivity contribution is 6.13. The zero-order valence-electron chi connectivity index (χ0n) is 17.1. The lowest BCUT2D eigenvalue weighted by atomic mass is 9.95. The maximum atomic E-state index is 13.3. The molecule has 1 aliphatic rings. The van der Waals surface area contributed by atoms with Gasteiger partial charge in [0.15, 0.2) is 5.78 Å². The molecule has 148 valence electrons. The number of ketones is 1. The van der Waals surface area contributed by atoms with E-state index in [2.05, 4.69) is 5.43 Å². The molecule has 0 aliphatic carbocycles. The lowest BCUT2D eigenvalue weighted by Crippen LogP contribution is -2.24. The Hall–Kier alpha value is -3.54. The van der Waals surface area contributed by atoms with Crippen LogP contribution in [0.1, 0.15) is 28.5 Å². The Morgan fingerprint density at radius 1 is 0.897 bits per heavy atom. The van der Waals surface area contributed by atoms with Gasteiger partial charge < -0.3 is 0 Å². The number of rotatable bonds is 3. The van der Waals surface area contributed by atoms with Gasteiger partial charge in [0.1, 0.15) is 0 Å². The molecule has 4 rings (SSSR count). The first-order valence-electron chi connectivity index (χ1n) is 9.57. The Bertz CT molecular complexity index is 1190. The van der Waals surface area contributed by atoms with Crippen molar-refractivity contribution >= 4 is 11.5 Å². The predicted octanol–water partition coefficient (Wildman–Crippen LogP) is 3.46. The number of fused-ring (bicyclic) bond motifs is 1. The van der Waals surface area contributed by atoms with Gasteiger partial charge in [-0.15, -0.1) is 0 Å². The molecular formula is C23H24N4O2. The lowest BCUT2D eigenvalue weighted by molar-refractivity contribution is 0.103. The molecule has 0 bridgehead atoms. The first-order valence-corrected chi connectivity index (χ1v) is 9.57. The second kappa shape index (κ2) is 7.13. The maximum absolute atomic E-state index is 13.3. The minimum Gasteiger partial charge on any atom is -0.298 e. The van der Waals surface area contributed by atoms with Crippen LogP contribution in [0.4, 0.5) is 5.69 Å². The number of allylic oxidation sites excluding steroid dienone is 2. The third-order valence-corrected chi connectivity index (χ3v) is 5.70. The molecule has 2 heterocycles. The van der Waals surface area contributed by atoms with Gasteiger partial charge in [-0.25, -0.2) is 4.68 Å². The standard InChI is InChI=1S/C23H24N4O2/c1-15-19(22(28)18-12-8-9-13-21(18)24-25(15)3)14-20-16(2)26(4)27(23(20)29)17-10-6-5-7-11-17/h5-13,24H,14H2,1-4H3. The summed E-state index contributed by atoms with van der Waals surface area (Å²) in [6, 6.07) is 17.0. The van der Waals surface area contributed by atoms with Gasteiger partial charge in [-0.1, -0.05) is 30.3 Å². The molecule has 0 saturated heterocycles. The quantitative estimate of drug-likeness (QED) is 0.747. The minimum atomic E-state index is -0.0996. The first-order chi connectivity index (χ1) is 13.9. The van der Waals surface area contributed by atoms with Crippen LogP contribution in [0.5, 0.6) is 0 Å². The SMILES string of the molecule is CC1=C(Cc2c(C)n(C)n(-c3ccccc3)c2=O)C(=O)c2ccccc2NN1C. The number of nitrogens with zero attached hydrogens (tertiary/aromatic N) is 3. The predicted molar refractivity (Wildman–Crippen MR) is 114 cm³/mol. The Morgan fingerprint density at radius 3 is 2.28 bits per heavy atom. The molecule has 1 aromatic heterocycles. The van der Waals surface area contributed by atoms with Crippen molar-refractivity contribution in [3.05, 3.63) is 93.0 Å². The molecule has 6 heteroatoms. The van der Waals surface area contributed by atoms with Crippen LogP contribution >= 0.6 is 0 Å². The van der Waals surface area contributed by atoms with Crippen molar-refractivity contribution in [2.75, 3.05) is 12.5 Å². The minimum absolute atomic E-state index is 0.0520. The zero-order chi connectivity index (χ0) is 20.7. The molecular weight excluding hydrogens is 364 g/mol. The molecule has 0 unspecified atom stereocenters. The van der Waals surface area contributed by atoms with Crippen molar-refractivity contribution in [2.24, 2.45) is 7.05 Å². The molecule has 6 nitrogen and oxygen atoms in total. The number of benzene rings is 2. The van der Waals surface area contributed by atoms with Crippen LogP contribution in [0.3, 0.4) is 0 Å². The molecule has 1 N–H and O–H groups in total. The Labute approximate surface area is 169 Å². The summed E-state index contributed by atoms with van der Waals surface area (Å²) in [4.78, 5) is 26.6. The number of hydrogen-bond donors (Lipinski definition) is 1. The molecule has 1 aliphatic heterocycles. The number of hydrazine groups is 1. The Balaban J connectivity index is 1.83. The lowest BCUT2D eigenvalue weighted by Gasteiger charge is -2.21. The summed E-state index contributed by atoms with van der Waals surface area (Å²) in [6.45, 7) is 3.82. The second-order valence-electron chi connectivity index (χ2n) is 7.33. The highest BCUT2D eigenvalue weighted by atomic mass is 16.1. The van der Waals surface area contributed by atoms with Gasteiger partial charge in [-0.3, -0.25) is 24.7 Å². The summed E-state index contributed by atoms with van der Waals surface area (Å²) < 4.78 is 3.50. The molecule has 0 saturated carbocycles. The van der Waals surface area contributed by atoms with Gasteiger partial charge in [-0.2, -0.15) is 0 Å². The van der Waals surface area contributed by atoms with E-state index in [1.54, 1.807) is 4.68 Å². The van der Waals surface area contributed by atoms with Crippen LogP contribution in [-0.4, -0.2) is 27.2 Å². The fraction of sp³-hybridized carbons (Fsp3) is 0.217. The number of Topliss-reactive ketones (excluding diaryl/α,β-unsaturated/α-hetero) is 1. The summed E-state index contributed by atoms with van der Waals surface area (Å²) in [6.07, 6.45) is 0.281. The van der Waals surface area contributed by atoms with Crippen LogP contribution < -0.4 is 11.0 Å². The van der Waals surface area contributed by atoms with Crippen molar-refractivity contribution in [3.63, 3.8) is 0 Å². The van der Waals surface area contributed by atoms with Gasteiger partial charge in [0, 0.05) is 48.6 Å². The average Bonchev–Trinajstić information content (AvgIpc) is 2.89. The molecule has 0 spiro atoms. The normalized spacial score (nSPS) is 13.9. The fourth-order valence-electron chi connectivity index (χ4n) is 3.78. The second-order valence-corrected chi connectivity index (χ2v) is 7.33. The van der Waals surface area contributed by atoms with E-state index in [4.69, 9.17) is 0 Å². The Kier molecular flexibility index (Phi) is 4.62. The van der Waals surface area contributed by atoms with E-state index in [9.17, 15) is 9.59 Å². The van der Waals surface area contributed by atoms with Crippen molar-refractivity contribution in [1.29, 1.82) is 0 Å². The molecule has 0 radical (unpaired) electrons. The van der Waals surface area contributed by atoms with Crippen molar-refractivity contribution in [1.82, 2.24) is 14.4 Å². The molecule has 0 atom stereocenters. The van der Waals surface area contributed by atoms with Crippen LogP contribution in [-0.2, 0) is 13.5 Å². The van der Waals surface area contributed by atoms with Crippen LogP contribution in [0, 0.1) is 6.92 Å². The summed E-state index contributed by atoms with van der Waals surface area (Å²) >= 11 is 0. The smallest absolute Gasteiger partial charge is 0.275 e. The average molecular weight is 388 g/mol. The summed E-state index contributed by atoms with van der Waals surface area (Å²) in [7, 11) is 3.75. The first kappa shape index (κ1) is 18.8. The Morgan fingerprint density at radius 2 is 1.55 bits per heavy atom. The number of carbonyl (C=O) groups excluding carboxylic acids is 1. The molecule has 29 heavy (non-hydrogen) atoms. The highest BCUT2D eigenvalue weighted by Gasteiger charge is 2.27. The van der Waals surface area contributed by atoms with Gasteiger partial charge in [0.2, 0.25) is 0 Å². The van der Waals surface area contributed by atoms with Crippen molar-refractivity contribution in [2.45, 2.75) is 20.3 Å². The van der Waals surface area contributed by atoms with Gasteiger partial charge in [0.25, 0.3) is 5.56 Å². The largest absolute Gasteiger partial charge is 0.298 e. The van der Waals surface area contributed by atoms with E-state index in [1.165, 1.54) is 0 Å². The third-order valence-electron chi connectivity index (χ3n) is 5.70. The summed E-state index contributed by atoms with van der Waals surface area (Å²) in [5.41, 5.74) is 8.24. The van der Waals surface area contributed by atoms with E-state index >= 15 is 0 Å². The van der Waals surface area contributed by atoms with Crippen LogP contribution in [0.25, 0.3) is 5.69 Å². The number of anilines is 1. The number of hydrogen-bond acceptors (Lipinski definition) is 4. The van der Waals surface area contributed by atoms with Crippen LogP contribution in [0.15, 0.2) is 70.7 Å². The molecule has 0 fully saturated rings. The van der Waals surface area contributed by atoms with E-state index in [1.807, 2.05) is 92.2 Å². The van der Waals surface area contributed by atoms with E-state index in [-0.39, 0.29) is 17.8 Å². The molecule has 3 aromatic rings. The monoisotopic (exact) mass is 388 g/mol. The third kappa shape index (κ3) is 3.06. The number of nitrogens with one attached hydrogen (secondary N) is 1. The van der Waals surface area contributed by atoms with Gasteiger partial charge in [-0.05, 0) is 38.1 Å². The zero-order valence-corrected chi connectivity index (χ0v) is 17.1. The number of para-hydroxylation sites is 2. The highest BCUT2D eigenvalue weighted by Crippen LogP contribution is 2.28. The topological polar surface area (TPSA) is 59.3 Å². The van der Waals surface area contributed by atoms with Crippen molar-refractivity contribution < 1.29 is 4.79 Å². The van der Waals surface area contributed by atoms with E-state index < -0.39 is 0 Å². The van der Waals surface area contributed by atoms with Gasteiger partial charge in [0.05, 0.1) is 11.4 Å². The fourth-order valence-corrected chi connectivity index (χ4v) is 3.78. The molecule has 0 amide bonds. The number of aromatic nitrogens is 2. The summed E-state index contributed by atoms with van der Waals surface area (Å²) in [5.74, 6) is -0.0520. The van der Waals surface area contributed by atoms with Gasteiger partial charge >= 0.3 is 0 Å². The maximum Gasteiger partial charge on any atom is 0.275 e. The summed E-state index contributed by atoms with van der Waals surface area (Å²) in [5, 5.41) is 1.84. The number of carbonyl (C=O) groups is 1. The van der Waals surface area contributed by atoms with Crippen molar-refractivity contribution in [3.8, 4) is 5.69 Å². The molecule has 2 aromatic carbocycles. The van der Waals surface area contributed by atoms with Crippen LogP contribution in [0.2, 0.25) is 0 Å².